The van der Waals surface area contributed by atoms with Crippen LogP contribution >= 0.6 is 0 Å². The summed E-state index contributed by atoms with van der Waals surface area (Å²) in [6, 6.07) is 0. The minimum atomic E-state index is 0.0348. The van der Waals surface area contributed by atoms with Gasteiger partial charge in [0.2, 0.25) is 5.91 Å². The highest BCUT2D eigenvalue weighted by molar-refractivity contribution is 5.75. The molecule has 156 valence electrons. The fourth-order valence-corrected chi connectivity index (χ4v) is 3.17. The van der Waals surface area contributed by atoms with Crippen LogP contribution in [0.4, 0.5) is 0 Å². The average molecular weight is 372 g/mol. The monoisotopic (exact) mass is 371 g/mol. The maximum atomic E-state index is 11.6. The first kappa shape index (κ1) is 25.4. The molecule has 0 aromatic carbocycles. The van der Waals surface area contributed by atoms with Crippen molar-refractivity contribution in [2.45, 2.75) is 110 Å². The van der Waals surface area contributed by atoms with Crippen molar-refractivity contribution >= 4 is 5.91 Å². The second-order valence-corrected chi connectivity index (χ2v) is 7.39. The summed E-state index contributed by atoms with van der Waals surface area (Å²) in [7, 11) is 0. The number of nitrogens with one attached hydrogen (secondary N) is 1. The summed E-state index contributed by atoms with van der Waals surface area (Å²) in [6.07, 6.45) is 20.8. The Labute approximate surface area is 162 Å². The Morgan fingerprint density at radius 1 is 0.731 bits per heavy atom. The van der Waals surface area contributed by atoms with Gasteiger partial charge in [-0.25, -0.2) is 0 Å². The fourth-order valence-electron chi connectivity index (χ4n) is 3.17. The van der Waals surface area contributed by atoms with Gasteiger partial charge in [-0.2, -0.15) is 0 Å². The van der Waals surface area contributed by atoms with Crippen LogP contribution in [0.15, 0.2) is 0 Å². The lowest BCUT2D eigenvalue weighted by Gasteiger charge is -2.06. The van der Waals surface area contributed by atoms with Gasteiger partial charge in [-0.05, 0) is 6.42 Å². The van der Waals surface area contributed by atoms with Gasteiger partial charge < -0.3 is 15.2 Å². The van der Waals surface area contributed by atoms with Gasteiger partial charge in [0.15, 0.2) is 0 Å². The van der Waals surface area contributed by atoms with E-state index >= 15 is 0 Å². The molecule has 0 saturated heterocycles. The van der Waals surface area contributed by atoms with Gasteiger partial charge in [-0.3, -0.25) is 4.79 Å². The van der Waals surface area contributed by atoms with Crippen molar-refractivity contribution in [2.24, 2.45) is 0 Å². The Morgan fingerprint density at radius 2 is 1.19 bits per heavy atom. The molecular formula is C22H45NO3. The summed E-state index contributed by atoms with van der Waals surface area (Å²) in [6.45, 7) is 3.67. The van der Waals surface area contributed by atoms with Crippen LogP contribution in [0.1, 0.15) is 110 Å². The van der Waals surface area contributed by atoms with Gasteiger partial charge in [0.1, 0.15) is 0 Å². The summed E-state index contributed by atoms with van der Waals surface area (Å²) < 4.78 is 5.10. The molecule has 0 spiro atoms. The standard InChI is InChI=1S/C22H45NO3/c1-2-3-4-5-6-7-8-9-10-11-12-13-14-15-16-17-22(25)23-18-20-26-21-19-24/h24H,2-21H2,1H3,(H,23,25). The Bertz CT molecular complexity index is 285. The predicted molar refractivity (Wildman–Crippen MR) is 110 cm³/mol. The van der Waals surface area contributed by atoms with Crippen molar-refractivity contribution in [2.75, 3.05) is 26.4 Å². The predicted octanol–water partition coefficient (Wildman–Crippen LogP) is 5.37. The van der Waals surface area contributed by atoms with E-state index in [1.165, 1.54) is 83.5 Å². The number of rotatable bonds is 21. The zero-order valence-corrected chi connectivity index (χ0v) is 17.4. The van der Waals surface area contributed by atoms with E-state index in [0.717, 1.165) is 12.8 Å². The lowest BCUT2D eigenvalue weighted by molar-refractivity contribution is -0.121. The van der Waals surface area contributed by atoms with E-state index in [-0.39, 0.29) is 12.5 Å². The summed E-state index contributed by atoms with van der Waals surface area (Å²) in [5, 5.41) is 11.4. The number of hydrogen-bond acceptors (Lipinski definition) is 3. The van der Waals surface area contributed by atoms with Gasteiger partial charge in [-0.15, -0.1) is 0 Å². The van der Waals surface area contributed by atoms with Crippen molar-refractivity contribution in [3.8, 4) is 0 Å². The molecule has 0 aromatic heterocycles. The Balaban J connectivity index is 3.09. The highest BCUT2D eigenvalue weighted by Gasteiger charge is 2.00. The van der Waals surface area contributed by atoms with Crippen LogP contribution in [-0.2, 0) is 9.53 Å². The van der Waals surface area contributed by atoms with E-state index in [2.05, 4.69) is 12.2 Å². The fraction of sp³-hybridized carbons (Fsp3) is 0.955. The van der Waals surface area contributed by atoms with Crippen LogP contribution in [-0.4, -0.2) is 37.4 Å². The molecule has 1 amide bonds. The molecule has 0 bridgehead atoms. The first-order valence-electron chi connectivity index (χ1n) is 11.3. The van der Waals surface area contributed by atoms with Crippen LogP contribution in [0.3, 0.4) is 0 Å². The molecule has 26 heavy (non-hydrogen) atoms. The molecule has 0 aliphatic carbocycles. The number of aliphatic hydroxyl groups excluding tert-OH is 1. The molecule has 0 aliphatic heterocycles. The van der Waals surface area contributed by atoms with E-state index in [1.54, 1.807) is 0 Å². The summed E-state index contributed by atoms with van der Waals surface area (Å²) in [5.41, 5.74) is 0. The van der Waals surface area contributed by atoms with Crippen LogP contribution in [0.5, 0.6) is 0 Å². The third kappa shape index (κ3) is 21.4. The molecule has 0 heterocycles. The van der Waals surface area contributed by atoms with Gasteiger partial charge in [0.25, 0.3) is 0 Å². The highest BCUT2D eigenvalue weighted by Crippen LogP contribution is 2.13. The number of hydrogen-bond donors (Lipinski definition) is 2. The second-order valence-electron chi connectivity index (χ2n) is 7.39. The number of unbranched alkanes of at least 4 members (excludes halogenated alkanes) is 14. The minimum absolute atomic E-state index is 0.0348. The Hall–Kier alpha value is -0.610. The van der Waals surface area contributed by atoms with Crippen molar-refractivity contribution in [1.29, 1.82) is 0 Å². The van der Waals surface area contributed by atoms with Gasteiger partial charge in [-0.1, -0.05) is 96.8 Å². The number of carbonyl (C=O) groups excluding carboxylic acids is 1. The van der Waals surface area contributed by atoms with E-state index in [9.17, 15) is 4.79 Å². The maximum absolute atomic E-state index is 11.6. The zero-order valence-electron chi connectivity index (χ0n) is 17.4. The van der Waals surface area contributed by atoms with Gasteiger partial charge >= 0.3 is 0 Å². The Kier molecular flexibility index (Phi) is 21.9. The third-order valence-electron chi connectivity index (χ3n) is 4.81. The number of carbonyl (C=O) groups is 1. The molecule has 2 N–H and O–H groups in total. The SMILES string of the molecule is CCCCCCCCCCCCCCCCCC(=O)NCCOCCO. The molecule has 0 saturated carbocycles. The molecule has 4 nitrogen and oxygen atoms in total. The van der Waals surface area contributed by atoms with Crippen LogP contribution in [0.2, 0.25) is 0 Å². The number of ether oxygens (including phenoxy) is 1. The van der Waals surface area contributed by atoms with Crippen LogP contribution in [0, 0.1) is 0 Å². The molecule has 0 aromatic rings. The quantitative estimate of drug-likeness (QED) is 0.267. The lowest BCUT2D eigenvalue weighted by atomic mass is 10.0. The minimum Gasteiger partial charge on any atom is -0.394 e. The summed E-state index contributed by atoms with van der Waals surface area (Å²) in [4.78, 5) is 11.6. The van der Waals surface area contributed by atoms with E-state index in [4.69, 9.17) is 9.84 Å². The van der Waals surface area contributed by atoms with Crippen molar-refractivity contribution in [3.63, 3.8) is 0 Å². The topological polar surface area (TPSA) is 58.6 Å². The molecule has 4 heteroatoms. The number of aliphatic hydroxyl groups is 1. The first-order valence-corrected chi connectivity index (χ1v) is 11.3. The molecule has 0 fully saturated rings. The number of amides is 1. The Morgan fingerprint density at radius 3 is 1.65 bits per heavy atom. The molecule has 0 aliphatic rings. The largest absolute Gasteiger partial charge is 0.394 e. The summed E-state index contributed by atoms with van der Waals surface area (Å²) in [5.74, 6) is 0.118. The van der Waals surface area contributed by atoms with Crippen molar-refractivity contribution < 1.29 is 14.6 Å². The molecule has 0 radical (unpaired) electrons. The second kappa shape index (κ2) is 22.4. The molecule has 0 unspecified atom stereocenters. The lowest BCUT2D eigenvalue weighted by Crippen LogP contribution is -2.27. The van der Waals surface area contributed by atoms with Gasteiger partial charge in [0, 0.05) is 13.0 Å². The van der Waals surface area contributed by atoms with Crippen LogP contribution < -0.4 is 5.32 Å². The highest BCUT2D eigenvalue weighted by atomic mass is 16.5. The third-order valence-corrected chi connectivity index (χ3v) is 4.81. The first-order chi connectivity index (χ1) is 12.8. The average Bonchev–Trinajstić information content (AvgIpc) is 2.64. The van der Waals surface area contributed by atoms with E-state index in [0.29, 0.717) is 26.2 Å². The van der Waals surface area contributed by atoms with Crippen molar-refractivity contribution in [3.05, 3.63) is 0 Å². The maximum Gasteiger partial charge on any atom is 0.220 e. The van der Waals surface area contributed by atoms with Crippen LogP contribution in [0.25, 0.3) is 0 Å². The molecular weight excluding hydrogens is 326 g/mol. The van der Waals surface area contributed by atoms with Crippen molar-refractivity contribution in [1.82, 2.24) is 5.32 Å². The zero-order chi connectivity index (χ0) is 19.1. The van der Waals surface area contributed by atoms with E-state index in [1.807, 2.05) is 0 Å². The van der Waals surface area contributed by atoms with E-state index < -0.39 is 0 Å². The summed E-state index contributed by atoms with van der Waals surface area (Å²) >= 11 is 0. The normalized spacial score (nSPS) is 11.0. The van der Waals surface area contributed by atoms with Gasteiger partial charge in [0.05, 0.1) is 19.8 Å². The smallest absolute Gasteiger partial charge is 0.220 e. The molecule has 0 rings (SSSR count). The molecule has 0 atom stereocenters.